The molecule has 0 unspecified atom stereocenters. The number of ether oxygens (including phenoxy) is 3. The van der Waals surface area contributed by atoms with E-state index in [1.165, 1.54) is 56.8 Å². The van der Waals surface area contributed by atoms with Gasteiger partial charge < -0.3 is 14.2 Å². The second-order valence-corrected chi connectivity index (χ2v) is 8.92. The molecule has 0 saturated carbocycles. The van der Waals surface area contributed by atoms with Gasteiger partial charge in [0.1, 0.15) is 12.4 Å². The van der Waals surface area contributed by atoms with Crippen molar-refractivity contribution in [1.82, 2.24) is 5.43 Å². The molecule has 0 aromatic heterocycles. The van der Waals surface area contributed by atoms with E-state index in [2.05, 4.69) is 15.3 Å². The van der Waals surface area contributed by atoms with Crippen molar-refractivity contribution in [2.75, 3.05) is 25.1 Å². The molecule has 0 aliphatic carbocycles. The Morgan fingerprint density at radius 3 is 2.33 bits per heavy atom. The largest absolute Gasteiger partial charge is 0.513 e. The van der Waals surface area contributed by atoms with E-state index in [0.717, 1.165) is 16.4 Å². The van der Waals surface area contributed by atoms with Crippen molar-refractivity contribution in [2.45, 2.75) is 4.90 Å². The molecule has 0 bridgehead atoms. The van der Waals surface area contributed by atoms with E-state index in [1.54, 1.807) is 24.3 Å². The smallest absolute Gasteiger partial charge is 0.493 e. The van der Waals surface area contributed by atoms with Crippen LogP contribution < -0.4 is 19.2 Å². The summed E-state index contributed by atoms with van der Waals surface area (Å²) in [5, 5.41) is 3.85. The van der Waals surface area contributed by atoms with Crippen LogP contribution in [0.15, 0.2) is 82.8 Å². The summed E-state index contributed by atoms with van der Waals surface area (Å²) in [6.07, 6.45) is 0.370. The van der Waals surface area contributed by atoms with E-state index in [1.807, 2.05) is 0 Å². The second kappa shape index (κ2) is 11.8. The molecule has 188 valence electrons. The van der Waals surface area contributed by atoms with Crippen molar-refractivity contribution >= 4 is 34.0 Å². The third-order valence-electron chi connectivity index (χ3n) is 4.68. The SMILES string of the molecule is COC(=O)Oc1ccc(/C=N\NC(=O)CN(c2ccc(F)cc2)S(=O)(=O)c2ccccc2)cc1OC. The number of methoxy groups -OCH3 is 2. The lowest BCUT2D eigenvalue weighted by molar-refractivity contribution is -0.119. The van der Waals surface area contributed by atoms with Gasteiger partial charge in [0.2, 0.25) is 0 Å². The van der Waals surface area contributed by atoms with Crippen molar-refractivity contribution in [3.05, 3.63) is 84.2 Å². The number of hydrogen-bond donors (Lipinski definition) is 1. The van der Waals surface area contributed by atoms with Gasteiger partial charge in [-0.25, -0.2) is 23.0 Å². The number of sulfonamides is 1. The number of nitrogens with zero attached hydrogens (tertiary/aromatic N) is 2. The molecule has 10 nitrogen and oxygen atoms in total. The van der Waals surface area contributed by atoms with Crippen molar-refractivity contribution < 1.29 is 36.6 Å². The number of nitrogens with one attached hydrogen (secondary N) is 1. The quantitative estimate of drug-likeness (QED) is 0.201. The minimum atomic E-state index is -4.14. The summed E-state index contributed by atoms with van der Waals surface area (Å²) in [7, 11) is -1.59. The van der Waals surface area contributed by atoms with Gasteiger partial charge >= 0.3 is 6.16 Å². The van der Waals surface area contributed by atoms with Crippen LogP contribution in [0.3, 0.4) is 0 Å². The monoisotopic (exact) mass is 515 g/mol. The average molecular weight is 516 g/mol. The van der Waals surface area contributed by atoms with E-state index in [4.69, 9.17) is 9.47 Å². The van der Waals surface area contributed by atoms with Crippen LogP contribution in [0, 0.1) is 5.82 Å². The zero-order valence-electron chi connectivity index (χ0n) is 19.3. The lowest BCUT2D eigenvalue weighted by Gasteiger charge is -2.23. The summed E-state index contributed by atoms with van der Waals surface area (Å²) >= 11 is 0. The number of rotatable bonds is 9. The zero-order valence-corrected chi connectivity index (χ0v) is 20.1. The fourth-order valence-corrected chi connectivity index (χ4v) is 4.41. The average Bonchev–Trinajstić information content (AvgIpc) is 2.89. The molecular weight excluding hydrogens is 493 g/mol. The van der Waals surface area contributed by atoms with Crippen LogP contribution >= 0.6 is 0 Å². The standard InChI is InChI=1S/C24H22FN3O7S/c1-33-22-14-17(8-13-21(22)35-24(30)34-2)15-26-27-23(29)16-28(19-11-9-18(25)10-12-19)36(31,32)20-6-4-3-5-7-20/h3-15H,16H2,1-2H3,(H,27,29)/b26-15-. The maximum atomic E-state index is 13.4. The van der Waals surface area contributed by atoms with E-state index in [-0.39, 0.29) is 22.1 Å². The highest BCUT2D eigenvalue weighted by molar-refractivity contribution is 7.92. The van der Waals surface area contributed by atoms with Crippen LogP contribution in [0.1, 0.15) is 5.56 Å². The zero-order chi connectivity index (χ0) is 26.1. The maximum absolute atomic E-state index is 13.4. The van der Waals surface area contributed by atoms with Crippen molar-refractivity contribution in [1.29, 1.82) is 0 Å². The number of amides is 1. The van der Waals surface area contributed by atoms with Gasteiger partial charge in [0.25, 0.3) is 15.9 Å². The first-order valence-electron chi connectivity index (χ1n) is 10.3. The predicted molar refractivity (Wildman–Crippen MR) is 129 cm³/mol. The van der Waals surface area contributed by atoms with Gasteiger partial charge in [0.05, 0.1) is 31.0 Å². The maximum Gasteiger partial charge on any atom is 0.513 e. The highest BCUT2D eigenvalue weighted by Crippen LogP contribution is 2.28. The summed E-state index contributed by atoms with van der Waals surface area (Å²) in [5.74, 6) is -0.963. The van der Waals surface area contributed by atoms with Crippen LogP contribution in [0.4, 0.5) is 14.9 Å². The van der Waals surface area contributed by atoms with Gasteiger partial charge in [-0.15, -0.1) is 0 Å². The van der Waals surface area contributed by atoms with Gasteiger partial charge in [-0.2, -0.15) is 5.10 Å². The molecule has 1 N–H and O–H groups in total. The Balaban J connectivity index is 1.76. The number of anilines is 1. The Kier molecular flexibility index (Phi) is 8.57. The summed E-state index contributed by atoms with van der Waals surface area (Å²) in [6, 6.07) is 16.7. The first-order valence-corrected chi connectivity index (χ1v) is 11.8. The van der Waals surface area contributed by atoms with E-state index in [0.29, 0.717) is 5.56 Å². The normalized spacial score (nSPS) is 11.1. The number of hydrazone groups is 1. The Morgan fingerprint density at radius 1 is 1.00 bits per heavy atom. The summed E-state index contributed by atoms with van der Waals surface area (Å²) in [6.45, 7) is -0.616. The van der Waals surface area contributed by atoms with Crippen molar-refractivity contribution in [3.8, 4) is 11.5 Å². The molecule has 1 amide bonds. The minimum Gasteiger partial charge on any atom is -0.493 e. The summed E-state index contributed by atoms with van der Waals surface area (Å²) in [5.41, 5.74) is 2.85. The van der Waals surface area contributed by atoms with Gasteiger partial charge in [-0.1, -0.05) is 18.2 Å². The number of hydrogen-bond acceptors (Lipinski definition) is 8. The van der Waals surface area contributed by atoms with Gasteiger partial charge in [-0.3, -0.25) is 9.10 Å². The first kappa shape index (κ1) is 26.2. The van der Waals surface area contributed by atoms with Crippen molar-refractivity contribution in [2.24, 2.45) is 5.10 Å². The molecule has 0 radical (unpaired) electrons. The van der Waals surface area contributed by atoms with E-state index >= 15 is 0 Å². The van der Waals surface area contributed by atoms with E-state index < -0.39 is 34.4 Å². The molecule has 3 aromatic carbocycles. The second-order valence-electron chi connectivity index (χ2n) is 7.06. The van der Waals surface area contributed by atoms with E-state index in [9.17, 15) is 22.4 Å². The molecule has 3 aromatic rings. The van der Waals surface area contributed by atoms with Crippen LogP contribution in [0.5, 0.6) is 11.5 Å². The molecule has 36 heavy (non-hydrogen) atoms. The fourth-order valence-electron chi connectivity index (χ4n) is 2.97. The number of halogens is 1. The third-order valence-corrected chi connectivity index (χ3v) is 6.47. The highest BCUT2D eigenvalue weighted by atomic mass is 32.2. The lowest BCUT2D eigenvalue weighted by atomic mass is 10.2. The molecule has 0 aliphatic heterocycles. The summed E-state index contributed by atoms with van der Waals surface area (Å²) in [4.78, 5) is 23.9. The molecule has 0 heterocycles. The van der Waals surface area contributed by atoms with Crippen LogP contribution in [-0.4, -0.2) is 47.5 Å². The van der Waals surface area contributed by atoms with Crippen molar-refractivity contribution in [3.63, 3.8) is 0 Å². The molecule has 0 spiro atoms. The number of carbonyl (C=O) groups is 2. The van der Waals surface area contributed by atoms with Gasteiger partial charge in [-0.05, 0) is 60.2 Å². The number of benzene rings is 3. The first-order chi connectivity index (χ1) is 17.2. The lowest BCUT2D eigenvalue weighted by Crippen LogP contribution is -2.39. The van der Waals surface area contributed by atoms with Crippen LogP contribution in [-0.2, 0) is 19.6 Å². The Labute approximate surface area is 207 Å². The number of carbonyl (C=O) groups excluding carboxylic acids is 2. The Hall–Kier alpha value is -4.45. The predicted octanol–water partition coefficient (Wildman–Crippen LogP) is 3.33. The van der Waals surface area contributed by atoms with Gasteiger partial charge in [0.15, 0.2) is 11.5 Å². The third kappa shape index (κ3) is 6.57. The highest BCUT2D eigenvalue weighted by Gasteiger charge is 2.27. The molecule has 12 heteroatoms. The topological polar surface area (TPSA) is 124 Å². The molecule has 0 atom stereocenters. The minimum absolute atomic E-state index is 0.0352. The van der Waals surface area contributed by atoms with Gasteiger partial charge in [0, 0.05) is 0 Å². The molecule has 3 rings (SSSR count). The Morgan fingerprint density at radius 2 is 1.69 bits per heavy atom. The van der Waals surface area contributed by atoms with Crippen LogP contribution in [0.2, 0.25) is 0 Å². The summed E-state index contributed by atoms with van der Waals surface area (Å²) < 4.78 is 55.2. The van der Waals surface area contributed by atoms with Crippen LogP contribution in [0.25, 0.3) is 0 Å². The molecule has 0 saturated heterocycles. The fraction of sp³-hybridized carbons (Fsp3) is 0.125. The molecular formula is C24H22FN3O7S. The molecule has 0 fully saturated rings. The molecule has 0 aliphatic rings. The Bertz CT molecular complexity index is 1350.